The summed E-state index contributed by atoms with van der Waals surface area (Å²) in [6, 6.07) is 0. The molecular weight excluding hydrogens is 120 g/mol. The molecule has 0 spiro atoms. The highest BCUT2D eigenvalue weighted by Gasteiger charge is 1.97. The van der Waals surface area contributed by atoms with E-state index in [0.29, 0.717) is 0 Å². The Morgan fingerprint density at radius 1 is 1.78 bits per heavy atom. The maximum atomic E-state index is 9.50. The van der Waals surface area contributed by atoms with Gasteiger partial charge in [-0.1, -0.05) is 5.92 Å². The van der Waals surface area contributed by atoms with Crippen molar-refractivity contribution in [1.82, 2.24) is 0 Å². The summed E-state index contributed by atoms with van der Waals surface area (Å²) in [5.41, 5.74) is 0. The fraction of sp³-hybridized carbons (Fsp3) is 0.500. The van der Waals surface area contributed by atoms with Gasteiger partial charge in [-0.3, -0.25) is 0 Å². The van der Waals surface area contributed by atoms with E-state index in [1.807, 2.05) is 0 Å². The van der Waals surface area contributed by atoms with Gasteiger partial charge in [0.05, 0.1) is 0 Å². The first-order valence-electron chi connectivity index (χ1n) is 2.39. The van der Waals surface area contributed by atoms with Gasteiger partial charge in [-0.2, -0.15) is 0 Å². The zero-order valence-corrected chi connectivity index (χ0v) is 5.09. The average molecular weight is 127 g/mol. The van der Waals surface area contributed by atoms with Crippen molar-refractivity contribution in [2.24, 2.45) is 0 Å². The van der Waals surface area contributed by atoms with Gasteiger partial charge in [0.2, 0.25) is 6.29 Å². The molecule has 0 aliphatic carbocycles. The summed E-state index contributed by atoms with van der Waals surface area (Å²) in [5.74, 6) is 2.22. The molecule has 0 bridgehead atoms. The second-order valence-corrected chi connectivity index (χ2v) is 1.28. The van der Waals surface area contributed by atoms with E-state index in [1.54, 1.807) is 6.92 Å². The maximum absolute atomic E-state index is 9.50. The zero-order chi connectivity index (χ0) is 7.11. The molecule has 1 radical (unpaired) electrons. The van der Waals surface area contributed by atoms with Gasteiger partial charge in [-0.15, -0.1) is 6.42 Å². The van der Waals surface area contributed by atoms with Crippen LogP contribution in [-0.2, 0) is 14.3 Å². The van der Waals surface area contributed by atoms with Crippen molar-refractivity contribution in [2.45, 2.75) is 13.2 Å². The zero-order valence-electron chi connectivity index (χ0n) is 5.09. The van der Waals surface area contributed by atoms with Crippen LogP contribution in [0, 0.1) is 12.3 Å². The molecule has 1 unspecified atom stereocenters. The van der Waals surface area contributed by atoms with Crippen LogP contribution in [0.2, 0.25) is 0 Å². The van der Waals surface area contributed by atoms with Crippen molar-refractivity contribution in [3.63, 3.8) is 0 Å². The van der Waals surface area contributed by atoms with Crippen LogP contribution in [0.25, 0.3) is 0 Å². The highest BCUT2D eigenvalue weighted by molar-refractivity contribution is 5.38. The number of ether oxygens (including phenoxy) is 2. The summed E-state index contributed by atoms with van der Waals surface area (Å²) in [5, 5.41) is 0. The predicted octanol–water partition coefficient (Wildman–Crippen LogP) is 0.0660. The molecule has 0 aliphatic heterocycles. The first-order valence-corrected chi connectivity index (χ1v) is 2.39. The molecule has 3 nitrogen and oxygen atoms in total. The van der Waals surface area contributed by atoms with Crippen LogP contribution in [0.3, 0.4) is 0 Å². The summed E-state index contributed by atoms with van der Waals surface area (Å²) < 4.78 is 8.93. The van der Waals surface area contributed by atoms with Gasteiger partial charge in [-0.25, -0.2) is 4.79 Å². The van der Waals surface area contributed by atoms with Crippen molar-refractivity contribution < 1.29 is 14.3 Å². The molecule has 0 aromatic rings. The first-order chi connectivity index (χ1) is 4.31. The molecule has 0 rings (SSSR count). The van der Waals surface area contributed by atoms with Crippen LogP contribution < -0.4 is 0 Å². The first kappa shape index (κ1) is 7.99. The molecule has 49 valence electrons. The molecule has 0 heterocycles. The lowest BCUT2D eigenvalue weighted by molar-refractivity contribution is -0.0624. The van der Waals surface area contributed by atoms with Crippen molar-refractivity contribution in [2.75, 3.05) is 6.61 Å². The Kier molecular flexibility index (Phi) is 4.56. The Balaban J connectivity index is 3.17. The van der Waals surface area contributed by atoms with Crippen LogP contribution in [0.4, 0.5) is 0 Å². The molecule has 0 amide bonds. The van der Waals surface area contributed by atoms with Crippen LogP contribution in [0.5, 0.6) is 0 Å². The summed E-state index contributed by atoms with van der Waals surface area (Å²) >= 11 is 0. The fourth-order valence-corrected chi connectivity index (χ4v) is 0.267. The lowest BCUT2D eigenvalue weighted by Crippen LogP contribution is -2.11. The molecule has 0 saturated carbocycles. The number of rotatable bonds is 4. The second kappa shape index (κ2) is 5.13. The molecule has 9 heavy (non-hydrogen) atoms. The largest absolute Gasteiger partial charge is 0.428 e. The molecule has 0 saturated heterocycles. The maximum Gasteiger partial charge on any atom is 0.419 e. The van der Waals surface area contributed by atoms with Gasteiger partial charge in [0.15, 0.2) is 0 Å². The number of terminal acetylenes is 1. The highest BCUT2D eigenvalue weighted by atomic mass is 16.7. The topological polar surface area (TPSA) is 35.5 Å². The van der Waals surface area contributed by atoms with Gasteiger partial charge in [0.1, 0.15) is 6.61 Å². The lowest BCUT2D eigenvalue weighted by atomic mass is 10.7. The Labute approximate surface area is 54.0 Å². The highest BCUT2D eigenvalue weighted by Crippen LogP contribution is 1.88. The summed E-state index contributed by atoms with van der Waals surface area (Å²) in [4.78, 5) is 9.50. The third-order valence-corrected chi connectivity index (χ3v) is 0.615. The van der Waals surface area contributed by atoms with E-state index in [1.165, 1.54) is 6.47 Å². The lowest BCUT2D eigenvalue weighted by Gasteiger charge is -2.05. The van der Waals surface area contributed by atoms with E-state index in [-0.39, 0.29) is 6.61 Å². The Morgan fingerprint density at radius 3 is 2.89 bits per heavy atom. The Hall–Kier alpha value is -1.01. The summed E-state index contributed by atoms with van der Waals surface area (Å²) in [7, 11) is 0. The van der Waals surface area contributed by atoms with E-state index >= 15 is 0 Å². The fourth-order valence-electron chi connectivity index (χ4n) is 0.267. The second-order valence-electron chi connectivity index (χ2n) is 1.28. The standard InChI is InChI=1S/C6H7O3/c1-3-4-8-6(2)9-5-7/h1,6H,4H2,2H3. The van der Waals surface area contributed by atoms with Gasteiger partial charge >= 0.3 is 6.47 Å². The van der Waals surface area contributed by atoms with Gasteiger partial charge < -0.3 is 9.47 Å². The third-order valence-electron chi connectivity index (χ3n) is 0.615. The minimum Gasteiger partial charge on any atom is -0.428 e. The number of hydrogen-bond donors (Lipinski definition) is 0. The molecule has 3 heteroatoms. The Bertz CT molecular complexity index is 114. The third kappa shape index (κ3) is 4.85. The van der Waals surface area contributed by atoms with E-state index in [4.69, 9.17) is 11.2 Å². The normalized spacial score (nSPS) is 11.6. The smallest absolute Gasteiger partial charge is 0.419 e. The van der Waals surface area contributed by atoms with Crippen LogP contribution in [0.15, 0.2) is 0 Å². The van der Waals surface area contributed by atoms with E-state index in [2.05, 4.69) is 10.7 Å². The molecule has 0 aromatic heterocycles. The monoisotopic (exact) mass is 127 g/mol. The molecule has 0 N–H and O–H groups in total. The SMILES string of the molecule is C#CCOC(C)O[C]=O. The van der Waals surface area contributed by atoms with Crippen LogP contribution in [-0.4, -0.2) is 19.4 Å². The number of carbonyl (C=O) groups excluding carboxylic acids is 1. The van der Waals surface area contributed by atoms with Crippen molar-refractivity contribution >= 4 is 6.47 Å². The Morgan fingerprint density at radius 2 is 2.44 bits per heavy atom. The van der Waals surface area contributed by atoms with E-state index in [0.717, 1.165) is 0 Å². The minimum atomic E-state index is -0.599. The van der Waals surface area contributed by atoms with Crippen molar-refractivity contribution in [3.05, 3.63) is 0 Å². The van der Waals surface area contributed by atoms with E-state index in [9.17, 15) is 4.79 Å². The molecule has 1 atom stereocenters. The van der Waals surface area contributed by atoms with Gasteiger partial charge in [0, 0.05) is 0 Å². The quantitative estimate of drug-likeness (QED) is 0.396. The van der Waals surface area contributed by atoms with Gasteiger partial charge in [0.25, 0.3) is 0 Å². The summed E-state index contributed by atoms with van der Waals surface area (Å²) in [6.07, 6.45) is 4.25. The van der Waals surface area contributed by atoms with Crippen LogP contribution >= 0.6 is 0 Å². The molecule has 0 aromatic carbocycles. The molecule has 0 fully saturated rings. The predicted molar refractivity (Wildman–Crippen MR) is 31.0 cm³/mol. The van der Waals surface area contributed by atoms with Crippen molar-refractivity contribution in [3.8, 4) is 12.3 Å². The summed E-state index contributed by atoms with van der Waals surface area (Å²) in [6.45, 7) is 2.93. The molecule has 0 aliphatic rings. The van der Waals surface area contributed by atoms with E-state index < -0.39 is 6.29 Å². The van der Waals surface area contributed by atoms with Crippen LogP contribution in [0.1, 0.15) is 6.92 Å². The minimum absolute atomic E-state index is 0.142. The average Bonchev–Trinajstić information content (AvgIpc) is 1.85. The number of hydrogen-bond acceptors (Lipinski definition) is 3. The van der Waals surface area contributed by atoms with Crippen molar-refractivity contribution in [1.29, 1.82) is 0 Å². The van der Waals surface area contributed by atoms with Gasteiger partial charge in [-0.05, 0) is 6.92 Å². The molecular formula is C6H7O3.